The van der Waals surface area contributed by atoms with E-state index in [2.05, 4.69) is 0 Å². The fourth-order valence-electron chi connectivity index (χ4n) is 1.76. The second kappa shape index (κ2) is 6.24. The molecule has 8 heteroatoms. The third kappa shape index (κ3) is 2.80. The van der Waals surface area contributed by atoms with Crippen molar-refractivity contribution in [2.24, 2.45) is 5.14 Å². The first-order chi connectivity index (χ1) is 8.84. The van der Waals surface area contributed by atoms with Crippen LogP contribution >= 0.6 is 18.1 Å². The van der Waals surface area contributed by atoms with Gasteiger partial charge in [-0.1, -0.05) is 24.3 Å². The van der Waals surface area contributed by atoms with Crippen molar-refractivity contribution in [1.82, 2.24) is 0 Å². The van der Waals surface area contributed by atoms with Gasteiger partial charge in [-0.25, -0.2) is 0 Å². The van der Waals surface area contributed by atoms with Crippen molar-refractivity contribution in [3.63, 3.8) is 0 Å². The van der Waals surface area contributed by atoms with Crippen LogP contribution in [0.25, 0.3) is 0 Å². The van der Waals surface area contributed by atoms with Gasteiger partial charge in [0.25, 0.3) is 6.57 Å². The Labute approximate surface area is 116 Å². The normalized spacial score (nSPS) is 29.3. The van der Waals surface area contributed by atoms with E-state index < -0.39 is 29.9 Å². The molecular formula is C11H18NO5PS. The topological polar surface area (TPSA) is 98.9 Å². The Morgan fingerprint density at radius 1 is 1.53 bits per heavy atom. The summed E-state index contributed by atoms with van der Waals surface area (Å²) < 4.78 is 22.8. The molecule has 1 aliphatic rings. The third-order valence-electron chi connectivity index (χ3n) is 2.71. The predicted molar refractivity (Wildman–Crippen MR) is 74.6 cm³/mol. The summed E-state index contributed by atoms with van der Waals surface area (Å²) in [7, 11) is 1.18. The highest BCUT2D eigenvalue weighted by Crippen LogP contribution is 2.69. The number of aliphatic hydroxyl groups is 1. The molecule has 0 heterocycles. The zero-order chi connectivity index (χ0) is 14.7. The average Bonchev–Trinajstić information content (AvgIpc) is 2.37. The highest BCUT2D eigenvalue weighted by atomic mass is 32.7. The van der Waals surface area contributed by atoms with Crippen LogP contribution in [0.5, 0.6) is 0 Å². The molecule has 0 radical (unpaired) electrons. The Bertz CT molecular complexity index is 442. The first kappa shape index (κ1) is 16.5. The number of hydrogen-bond donors (Lipinski definition) is 2. The zero-order valence-corrected chi connectivity index (χ0v) is 12.7. The van der Waals surface area contributed by atoms with E-state index >= 15 is 0 Å². The van der Waals surface area contributed by atoms with Gasteiger partial charge in [-0.05, 0) is 13.8 Å². The van der Waals surface area contributed by atoms with Gasteiger partial charge in [-0.3, -0.25) is 14.5 Å². The summed E-state index contributed by atoms with van der Waals surface area (Å²) in [6.45, 7) is -0.403. The van der Waals surface area contributed by atoms with Crippen LogP contribution in [0.15, 0.2) is 24.3 Å². The van der Waals surface area contributed by atoms with Gasteiger partial charge in [0, 0.05) is 18.7 Å². The van der Waals surface area contributed by atoms with Crippen LogP contribution in [-0.4, -0.2) is 35.5 Å². The van der Waals surface area contributed by atoms with Crippen LogP contribution in [0, 0.1) is 0 Å². The average molecular weight is 307 g/mol. The van der Waals surface area contributed by atoms with Crippen LogP contribution in [-0.2, 0) is 18.6 Å². The summed E-state index contributed by atoms with van der Waals surface area (Å²) in [6, 6.07) is 0. The summed E-state index contributed by atoms with van der Waals surface area (Å²) in [5.41, 5.74) is 0. The largest absolute Gasteiger partial charge is 0.462 e. The molecule has 0 bridgehead atoms. The second-order valence-corrected chi connectivity index (χ2v) is 8.64. The minimum Gasteiger partial charge on any atom is -0.462 e. The van der Waals surface area contributed by atoms with Crippen LogP contribution in [0.1, 0.15) is 13.8 Å². The lowest BCUT2D eigenvalue weighted by Gasteiger charge is -2.37. The lowest BCUT2D eigenvalue weighted by Crippen LogP contribution is -2.49. The molecule has 6 nitrogen and oxygen atoms in total. The maximum absolute atomic E-state index is 12.7. The Balaban J connectivity index is 3.34. The molecule has 108 valence electrons. The minimum atomic E-state index is -3.72. The van der Waals surface area contributed by atoms with Gasteiger partial charge in [-0.15, -0.1) is 0 Å². The van der Waals surface area contributed by atoms with E-state index in [1.165, 1.54) is 25.3 Å². The maximum atomic E-state index is 12.7. The lowest BCUT2D eigenvalue weighted by molar-refractivity contribution is -0.151. The van der Waals surface area contributed by atoms with E-state index in [4.69, 9.17) is 14.4 Å². The van der Waals surface area contributed by atoms with Gasteiger partial charge in [0.1, 0.15) is 6.10 Å². The van der Waals surface area contributed by atoms with E-state index in [1.54, 1.807) is 19.9 Å². The van der Waals surface area contributed by atoms with Crippen molar-refractivity contribution >= 4 is 24.1 Å². The maximum Gasteiger partial charge on any atom is 0.330 e. The summed E-state index contributed by atoms with van der Waals surface area (Å²) in [5, 5.41) is 13.7. The Morgan fingerprint density at radius 3 is 2.58 bits per heavy atom. The van der Waals surface area contributed by atoms with Crippen LogP contribution in [0.4, 0.5) is 0 Å². The number of nitrogens with two attached hydrogens (primary N) is 1. The quantitative estimate of drug-likeness (QED) is 0.452. The third-order valence-corrected chi connectivity index (χ3v) is 7.15. The molecule has 0 aromatic carbocycles. The van der Waals surface area contributed by atoms with Crippen molar-refractivity contribution < 1.29 is 23.7 Å². The van der Waals surface area contributed by atoms with E-state index in [1.807, 2.05) is 0 Å². The van der Waals surface area contributed by atoms with Crippen LogP contribution in [0.3, 0.4) is 0 Å². The SMILES string of the molecule is COP(=O)(SN)C1(C(=O)OC(C)C)C=CC=CC1O. The standard InChI is InChI=1S/C11H18NO5PS/c1-8(2)17-10(14)11(18(15,16-3)19-12)7-5-4-6-9(11)13/h4-9,13H,12H2,1-3H3. The number of ether oxygens (including phenoxy) is 1. The molecule has 0 aromatic heterocycles. The molecular weight excluding hydrogens is 289 g/mol. The molecule has 3 N–H and O–H groups in total. The number of hydrogen-bond acceptors (Lipinski definition) is 7. The number of esters is 1. The predicted octanol–water partition coefficient (Wildman–Crippen LogP) is 1.61. The van der Waals surface area contributed by atoms with Crippen molar-refractivity contribution in [3.8, 4) is 0 Å². The van der Waals surface area contributed by atoms with Crippen molar-refractivity contribution in [2.75, 3.05) is 7.11 Å². The Hall–Kier alpha value is -0.590. The number of allylic oxidation sites excluding steroid dienone is 2. The van der Waals surface area contributed by atoms with Crippen molar-refractivity contribution in [3.05, 3.63) is 24.3 Å². The van der Waals surface area contributed by atoms with Crippen LogP contribution in [0.2, 0.25) is 0 Å². The first-order valence-electron chi connectivity index (χ1n) is 5.63. The van der Waals surface area contributed by atoms with Crippen molar-refractivity contribution in [2.45, 2.75) is 31.2 Å². The molecule has 3 atom stereocenters. The molecule has 1 aliphatic carbocycles. The van der Waals surface area contributed by atoms with Gasteiger partial charge in [0.05, 0.1) is 6.10 Å². The molecule has 1 rings (SSSR count). The molecule has 0 saturated heterocycles. The summed E-state index contributed by atoms with van der Waals surface area (Å²) in [4.78, 5) is 12.3. The smallest absolute Gasteiger partial charge is 0.330 e. The van der Waals surface area contributed by atoms with E-state index in [0.29, 0.717) is 11.6 Å². The fraction of sp³-hybridized carbons (Fsp3) is 0.545. The monoisotopic (exact) mass is 307 g/mol. The molecule has 0 aliphatic heterocycles. The number of rotatable bonds is 5. The van der Waals surface area contributed by atoms with Gasteiger partial charge >= 0.3 is 5.97 Å². The highest BCUT2D eigenvalue weighted by Gasteiger charge is 2.60. The first-order valence-corrected chi connectivity index (χ1v) is 8.74. The molecule has 0 fully saturated rings. The second-order valence-electron chi connectivity index (χ2n) is 4.25. The van der Waals surface area contributed by atoms with Gasteiger partial charge in [0.2, 0.25) is 5.16 Å². The number of aliphatic hydroxyl groups excluding tert-OH is 1. The molecule has 19 heavy (non-hydrogen) atoms. The molecule has 0 saturated carbocycles. The van der Waals surface area contributed by atoms with Crippen molar-refractivity contribution in [1.29, 1.82) is 0 Å². The molecule has 0 amide bonds. The Kier molecular flexibility index (Phi) is 5.41. The van der Waals surface area contributed by atoms with Gasteiger partial charge in [0.15, 0.2) is 0 Å². The molecule has 0 spiro atoms. The number of carbonyl (C=O) groups is 1. The minimum absolute atomic E-state index is 0.413. The molecule has 3 unspecified atom stereocenters. The molecule has 0 aromatic rings. The van der Waals surface area contributed by atoms with E-state index in [0.717, 1.165) is 0 Å². The number of carbonyl (C=O) groups excluding carboxylic acids is 1. The van der Waals surface area contributed by atoms with Gasteiger partial charge in [-0.2, -0.15) is 0 Å². The lowest BCUT2D eigenvalue weighted by atomic mass is 9.96. The summed E-state index contributed by atoms with van der Waals surface area (Å²) >= 11 is 0.424. The highest BCUT2D eigenvalue weighted by molar-refractivity contribution is 8.56. The summed E-state index contributed by atoms with van der Waals surface area (Å²) in [6.07, 6.45) is 3.99. The van der Waals surface area contributed by atoms with E-state index in [-0.39, 0.29) is 0 Å². The Morgan fingerprint density at radius 2 is 2.16 bits per heavy atom. The summed E-state index contributed by atoms with van der Waals surface area (Å²) in [5.74, 6) is -0.821. The van der Waals surface area contributed by atoms with Gasteiger partial charge < -0.3 is 14.4 Å². The van der Waals surface area contributed by atoms with E-state index in [9.17, 15) is 14.5 Å². The fourth-order valence-corrected chi connectivity index (χ4v) is 4.79. The van der Waals surface area contributed by atoms with Crippen LogP contribution < -0.4 is 5.14 Å². The zero-order valence-electron chi connectivity index (χ0n) is 11.0.